The lowest BCUT2D eigenvalue weighted by atomic mass is 9.67. The van der Waals surface area contributed by atoms with Crippen LogP contribution in [-0.4, -0.2) is 16.9 Å². The highest BCUT2D eigenvalue weighted by atomic mass is 32.1. The first-order valence-corrected chi connectivity index (χ1v) is 4.23. The average Bonchev–Trinajstić information content (AvgIpc) is 1.80. The van der Waals surface area contributed by atoms with E-state index in [1.54, 1.807) is 0 Å². The highest BCUT2D eigenvalue weighted by molar-refractivity contribution is 7.80. The Bertz CT molecular complexity index is 261. The number of amides is 3. The summed E-state index contributed by atoms with van der Waals surface area (Å²) in [6.45, 7) is 0. The van der Waals surface area contributed by atoms with Crippen LogP contribution in [0.2, 0.25) is 0 Å². The van der Waals surface area contributed by atoms with Gasteiger partial charge in [0.15, 0.2) is 0 Å². The van der Waals surface area contributed by atoms with E-state index in [4.69, 9.17) is 12.2 Å². The summed E-state index contributed by atoms with van der Waals surface area (Å²) in [5, 5.41) is 4.69. The first-order chi connectivity index (χ1) is 5.65. The van der Waals surface area contributed by atoms with Crippen LogP contribution in [0.25, 0.3) is 0 Å². The standard InChI is InChI=1S/C7H8N2O2S/c10-4-7(2-1-3-7)5(12)9-6(11)8-4/h1-3H2,(H2,8,9,10,11,12). The summed E-state index contributed by atoms with van der Waals surface area (Å²) < 4.78 is 0. The molecule has 0 unspecified atom stereocenters. The number of nitrogens with one attached hydrogen (secondary N) is 2. The zero-order valence-electron chi connectivity index (χ0n) is 6.35. The van der Waals surface area contributed by atoms with Crippen LogP contribution >= 0.6 is 12.2 Å². The third kappa shape index (κ3) is 0.797. The Morgan fingerprint density at radius 1 is 1.25 bits per heavy atom. The van der Waals surface area contributed by atoms with Crippen LogP contribution in [0.4, 0.5) is 4.79 Å². The minimum absolute atomic E-state index is 0.234. The molecule has 2 aliphatic rings. The predicted molar refractivity (Wildman–Crippen MR) is 45.6 cm³/mol. The molecule has 0 aromatic carbocycles. The SMILES string of the molecule is O=C1NC(=O)C2(CCC2)C(=S)N1. The Morgan fingerprint density at radius 3 is 2.33 bits per heavy atom. The normalized spacial score (nSPS) is 26.2. The Labute approximate surface area is 74.7 Å². The number of carbonyl (C=O) groups excluding carboxylic acids is 2. The largest absolute Gasteiger partial charge is 0.326 e. The highest BCUT2D eigenvalue weighted by Crippen LogP contribution is 2.42. The van der Waals surface area contributed by atoms with Gasteiger partial charge in [-0.05, 0) is 12.8 Å². The summed E-state index contributed by atoms with van der Waals surface area (Å²) in [6.07, 6.45) is 2.53. The van der Waals surface area contributed by atoms with Crippen molar-refractivity contribution in [2.75, 3.05) is 0 Å². The van der Waals surface area contributed by atoms with Gasteiger partial charge in [-0.25, -0.2) is 4.79 Å². The molecule has 1 aliphatic heterocycles. The number of hydrogen-bond acceptors (Lipinski definition) is 3. The molecule has 5 heteroatoms. The Hall–Kier alpha value is -0.970. The van der Waals surface area contributed by atoms with E-state index in [2.05, 4.69) is 10.6 Å². The molecule has 12 heavy (non-hydrogen) atoms. The summed E-state index contributed by atoms with van der Waals surface area (Å²) in [7, 11) is 0. The van der Waals surface area contributed by atoms with E-state index in [0.717, 1.165) is 19.3 Å². The van der Waals surface area contributed by atoms with E-state index in [-0.39, 0.29) is 5.91 Å². The lowest BCUT2D eigenvalue weighted by molar-refractivity contribution is -0.130. The van der Waals surface area contributed by atoms with Gasteiger partial charge in [0.25, 0.3) is 0 Å². The van der Waals surface area contributed by atoms with Gasteiger partial charge < -0.3 is 5.32 Å². The Balaban J connectivity index is 2.28. The van der Waals surface area contributed by atoms with Crippen LogP contribution in [-0.2, 0) is 4.79 Å². The second kappa shape index (κ2) is 2.26. The van der Waals surface area contributed by atoms with Crippen LogP contribution in [0.3, 0.4) is 0 Å². The van der Waals surface area contributed by atoms with Gasteiger partial charge in [0, 0.05) is 0 Å². The predicted octanol–water partition coefficient (Wildman–Crippen LogP) is 0.323. The molecule has 1 aliphatic carbocycles. The summed E-state index contributed by atoms with van der Waals surface area (Å²) in [4.78, 5) is 22.5. The first-order valence-electron chi connectivity index (χ1n) is 3.82. The van der Waals surface area contributed by atoms with Crippen LogP contribution in [0.1, 0.15) is 19.3 Å². The molecule has 4 nitrogen and oxygen atoms in total. The number of hydrogen-bond donors (Lipinski definition) is 2. The van der Waals surface area contributed by atoms with Gasteiger partial charge >= 0.3 is 6.03 Å². The topological polar surface area (TPSA) is 58.2 Å². The maximum Gasteiger partial charge on any atom is 0.326 e. The molecule has 0 bridgehead atoms. The van der Waals surface area contributed by atoms with Crippen molar-refractivity contribution in [3.8, 4) is 0 Å². The van der Waals surface area contributed by atoms with Crippen LogP contribution in [0.5, 0.6) is 0 Å². The summed E-state index contributed by atoms with van der Waals surface area (Å²) >= 11 is 4.95. The van der Waals surface area contributed by atoms with E-state index in [1.807, 2.05) is 0 Å². The van der Waals surface area contributed by atoms with Gasteiger partial charge in [-0.1, -0.05) is 18.6 Å². The maximum absolute atomic E-state index is 11.4. The lowest BCUT2D eigenvalue weighted by Gasteiger charge is -2.42. The molecule has 2 rings (SSSR count). The second-order valence-corrected chi connectivity index (χ2v) is 3.58. The van der Waals surface area contributed by atoms with Crippen LogP contribution < -0.4 is 10.6 Å². The van der Waals surface area contributed by atoms with Gasteiger partial charge in [0.2, 0.25) is 5.91 Å². The van der Waals surface area contributed by atoms with Gasteiger partial charge in [0.1, 0.15) is 5.41 Å². The van der Waals surface area contributed by atoms with E-state index >= 15 is 0 Å². The monoisotopic (exact) mass is 184 g/mol. The average molecular weight is 184 g/mol. The van der Waals surface area contributed by atoms with Gasteiger partial charge in [-0.2, -0.15) is 0 Å². The minimum Gasteiger partial charge on any atom is -0.301 e. The molecule has 1 saturated heterocycles. The van der Waals surface area contributed by atoms with Crippen LogP contribution in [0.15, 0.2) is 0 Å². The zero-order valence-corrected chi connectivity index (χ0v) is 7.16. The number of carbonyl (C=O) groups is 2. The van der Waals surface area contributed by atoms with Crippen molar-refractivity contribution in [1.82, 2.24) is 10.6 Å². The summed E-state index contributed by atoms with van der Waals surface area (Å²) in [5.74, 6) is -0.234. The third-order valence-corrected chi connectivity index (χ3v) is 3.02. The van der Waals surface area contributed by atoms with E-state index in [1.165, 1.54) is 0 Å². The number of imide groups is 1. The quantitative estimate of drug-likeness (QED) is 0.533. The zero-order chi connectivity index (χ0) is 8.77. The van der Waals surface area contributed by atoms with Crippen molar-refractivity contribution in [2.24, 2.45) is 5.41 Å². The van der Waals surface area contributed by atoms with E-state index in [9.17, 15) is 9.59 Å². The molecular formula is C7H8N2O2S. The fourth-order valence-electron chi connectivity index (χ4n) is 1.56. The molecule has 0 radical (unpaired) electrons. The molecule has 64 valence electrons. The fourth-order valence-corrected chi connectivity index (χ4v) is 1.95. The van der Waals surface area contributed by atoms with Crippen molar-refractivity contribution >= 4 is 29.1 Å². The second-order valence-electron chi connectivity index (χ2n) is 3.17. The molecule has 0 aromatic rings. The van der Waals surface area contributed by atoms with E-state index < -0.39 is 11.4 Å². The highest BCUT2D eigenvalue weighted by Gasteiger charge is 2.51. The Kier molecular flexibility index (Phi) is 1.44. The molecule has 1 saturated carbocycles. The third-order valence-electron chi connectivity index (χ3n) is 2.53. The van der Waals surface area contributed by atoms with Gasteiger partial charge in [-0.3, -0.25) is 10.1 Å². The lowest BCUT2D eigenvalue weighted by Crippen LogP contribution is -2.64. The summed E-state index contributed by atoms with van der Waals surface area (Å²) in [5.41, 5.74) is -0.552. The van der Waals surface area contributed by atoms with Crippen molar-refractivity contribution in [2.45, 2.75) is 19.3 Å². The molecule has 2 fully saturated rings. The fraction of sp³-hybridized carbons (Fsp3) is 0.571. The minimum atomic E-state index is -0.552. The van der Waals surface area contributed by atoms with Gasteiger partial charge in [0.05, 0.1) is 4.99 Å². The van der Waals surface area contributed by atoms with Crippen molar-refractivity contribution in [1.29, 1.82) is 0 Å². The maximum atomic E-state index is 11.4. The number of thiocarbonyl (C=S) groups is 1. The van der Waals surface area contributed by atoms with Crippen LogP contribution in [0, 0.1) is 5.41 Å². The molecular weight excluding hydrogens is 176 g/mol. The first kappa shape index (κ1) is 7.67. The molecule has 2 N–H and O–H groups in total. The smallest absolute Gasteiger partial charge is 0.301 e. The number of rotatable bonds is 0. The van der Waals surface area contributed by atoms with Gasteiger partial charge in [-0.15, -0.1) is 0 Å². The molecule has 1 heterocycles. The van der Waals surface area contributed by atoms with Crippen molar-refractivity contribution in [3.63, 3.8) is 0 Å². The summed E-state index contributed by atoms with van der Waals surface area (Å²) in [6, 6.07) is -0.498. The van der Waals surface area contributed by atoms with Crippen molar-refractivity contribution in [3.05, 3.63) is 0 Å². The Morgan fingerprint density at radius 2 is 1.92 bits per heavy atom. The van der Waals surface area contributed by atoms with Crippen molar-refractivity contribution < 1.29 is 9.59 Å². The molecule has 3 amide bonds. The molecule has 0 atom stereocenters. The molecule has 0 aromatic heterocycles. The van der Waals surface area contributed by atoms with E-state index in [0.29, 0.717) is 4.99 Å². The molecule has 1 spiro atoms. The number of urea groups is 1.